The van der Waals surface area contributed by atoms with Crippen LogP contribution in [0.1, 0.15) is 36.1 Å². The average Bonchev–Trinajstić information content (AvgIpc) is 3.41. The Balaban J connectivity index is 1.42. The summed E-state index contributed by atoms with van der Waals surface area (Å²) in [5, 5.41) is 29.7. The van der Waals surface area contributed by atoms with Crippen LogP contribution in [0.15, 0.2) is 85.6 Å². The van der Waals surface area contributed by atoms with Crippen LogP contribution >= 0.6 is 0 Å². The first-order valence-corrected chi connectivity index (χ1v) is 11.5. The van der Waals surface area contributed by atoms with Crippen LogP contribution in [-0.4, -0.2) is 44.3 Å². The Morgan fingerprint density at radius 1 is 1.15 bits per heavy atom. The molecule has 0 bridgehead atoms. The lowest BCUT2D eigenvalue weighted by Crippen LogP contribution is -2.44. The quantitative estimate of drug-likeness (QED) is 0.455. The van der Waals surface area contributed by atoms with E-state index in [4.69, 9.17) is 0 Å². The Bertz CT molecular complexity index is 1170. The molecular weight excluding hydrogens is 428 g/mol. The first-order valence-electron chi connectivity index (χ1n) is 11.5. The van der Waals surface area contributed by atoms with Gasteiger partial charge in [-0.3, -0.25) is 9.48 Å². The molecule has 7 heteroatoms. The van der Waals surface area contributed by atoms with Gasteiger partial charge in [-0.05, 0) is 18.1 Å². The zero-order chi connectivity index (χ0) is 24.1. The maximum atomic E-state index is 13.1. The lowest BCUT2D eigenvalue weighted by molar-refractivity contribution is -0.139. The number of hydrogen-bond donors (Lipinski definition) is 2. The number of aliphatic hydroxyl groups is 2. The number of hydrogen-bond acceptors (Lipinski definition) is 5. The third-order valence-electron chi connectivity index (χ3n) is 6.39. The number of carbonyl (C=O) groups excluding carboxylic acids is 1. The Kier molecular flexibility index (Phi) is 7.05. The van der Waals surface area contributed by atoms with E-state index >= 15 is 0 Å². The van der Waals surface area contributed by atoms with Crippen LogP contribution in [-0.2, 0) is 16.9 Å². The van der Waals surface area contributed by atoms with Crippen molar-refractivity contribution >= 4 is 11.6 Å². The average molecular weight is 459 g/mol. The molecule has 7 nitrogen and oxygen atoms in total. The molecule has 3 aromatic rings. The van der Waals surface area contributed by atoms with E-state index in [9.17, 15) is 15.0 Å². The number of fused-ring (bicyclic) bond motifs is 1. The predicted molar refractivity (Wildman–Crippen MR) is 131 cm³/mol. The van der Waals surface area contributed by atoms with Crippen LogP contribution in [0.3, 0.4) is 0 Å². The number of para-hydroxylation sites is 1. The summed E-state index contributed by atoms with van der Waals surface area (Å²) in [6.07, 6.45) is 8.00. The largest absolute Gasteiger partial charge is 0.395 e. The molecule has 34 heavy (non-hydrogen) atoms. The molecule has 0 saturated heterocycles. The van der Waals surface area contributed by atoms with Gasteiger partial charge in [0.25, 0.3) is 5.91 Å². The summed E-state index contributed by atoms with van der Waals surface area (Å²) in [6, 6.07) is 17.1. The molecule has 1 unspecified atom stereocenters. The maximum absolute atomic E-state index is 13.1. The summed E-state index contributed by atoms with van der Waals surface area (Å²) in [5.41, 5.74) is 1.44. The molecule has 1 aliphatic rings. The van der Waals surface area contributed by atoms with E-state index in [1.165, 1.54) is 0 Å². The van der Waals surface area contributed by atoms with Crippen LogP contribution in [0.2, 0.25) is 0 Å². The van der Waals surface area contributed by atoms with Crippen molar-refractivity contribution < 1.29 is 15.0 Å². The summed E-state index contributed by atoms with van der Waals surface area (Å²) in [7, 11) is 0. The van der Waals surface area contributed by atoms with Gasteiger partial charge in [0.15, 0.2) is 5.60 Å². The second-order valence-electron chi connectivity index (χ2n) is 8.55. The first-order chi connectivity index (χ1) is 16.5. The molecular formula is C27H30N4O3. The van der Waals surface area contributed by atoms with Crippen LogP contribution in [0.4, 0.5) is 5.69 Å². The van der Waals surface area contributed by atoms with E-state index < -0.39 is 11.5 Å². The van der Waals surface area contributed by atoms with E-state index in [1.54, 1.807) is 15.7 Å². The van der Waals surface area contributed by atoms with E-state index in [2.05, 4.69) is 16.9 Å². The molecule has 0 radical (unpaired) electrons. The van der Waals surface area contributed by atoms with Gasteiger partial charge < -0.3 is 15.1 Å². The van der Waals surface area contributed by atoms with Crippen molar-refractivity contribution in [3.8, 4) is 0 Å². The molecule has 0 saturated carbocycles. The highest BCUT2D eigenvalue weighted by Gasteiger charge is 2.51. The standard InChI is InChI=1S/C27H30N4O3/c1-3-16-31-25-15-8-7-14-23(25)27(34,26(31)33)20(2)11-9-10-17-30-18-24(28-29-30)22(19-32)21-12-5-4-6-13-21/h3-9,11-15,18,20,22,32,34H,1,10,16-17,19H2,2H3/b11-9+/t20-,22?,27+/m0/s1. The minimum atomic E-state index is -1.61. The Hall–Kier alpha value is -3.55. The number of anilines is 1. The van der Waals surface area contributed by atoms with E-state index in [0.717, 1.165) is 16.9 Å². The van der Waals surface area contributed by atoms with Gasteiger partial charge in [-0.1, -0.05) is 78.9 Å². The predicted octanol–water partition coefficient (Wildman–Crippen LogP) is 3.41. The molecule has 2 heterocycles. The molecule has 1 aliphatic heterocycles. The van der Waals surface area contributed by atoms with Crippen molar-refractivity contribution in [1.29, 1.82) is 0 Å². The van der Waals surface area contributed by atoms with Crippen LogP contribution in [0, 0.1) is 5.92 Å². The Morgan fingerprint density at radius 3 is 2.62 bits per heavy atom. The summed E-state index contributed by atoms with van der Waals surface area (Å²) in [4.78, 5) is 14.7. The van der Waals surface area contributed by atoms with Crippen molar-refractivity contribution in [3.63, 3.8) is 0 Å². The number of amides is 1. The van der Waals surface area contributed by atoms with Crippen molar-refractivity contribution in [1.82, 2.24) is 15.0 Å². The van der Waals surface area contributed by atoms with Crippen molar-refractivity contribution in [3.05, 3.63) is 102 Å². The van der Waals surface area contributed by atoms with Gasteiger partial charge in [0.2, 0.25) is 0 Å². The molecule has 1 amide bonds. The molecule has 0 fully saturated rings. The van der Waals surface area contributed by atoms with Gasteiger partial charge in [-0.2, -0.15) is 0 Å². The van der Waals surface area contributed by atoms with Gasteiger partial charge >= 0.3 is 0 Å². The molecule has 0 spiro atoms. The Labute approximate surface area is 199 Å². The number of allylic oxidation sites excluding steroid dienone is 1. The van der Waals surface area contributed by atoms with Gasteiger partial charge in [0, 0.05) is 30.8 Å². The fourth-order valence-electron chi connectivity index (χ4n) is 4.50. The van der Waals surface area contributed by atoms with Gasteiger partial charge in [-0.25, -0.2) is 0 Å². The highest BCUT2D eigenvalue weighted by Crippen LogP contribution is 2.44. The lowest BCUT2D eigenvalue weighted by Gasteiger charge is -2.27. The maximum Gasteiger partial charge on any atom is 0.264 e. The Morgan fingerprint density at radius 2 is 1.88 bits per heavy atom. The molecule has 3 atom stereocenters. The van der Waals surface area contributed by atoms with Gasteiger partial charge in [-0.15, -0.1) is 11.7 Å². The third kappa shape index (κ3) is 4.32. The van der Waals surface area contributed by atoms with E-state index in [1.807, 2.05) is 79.9 Å². The normalized spacial score (nSPS) is 19.4. The SMILES string of the molecule is C=CCN1C(=O)[C@@](O)([C@@H](C)/C=C/CCn2cc(C(CO)c3ccccc3)nn2)c2ccccc21. The van der Waals surface area contributed by atoms with Crippen LogP contribution < -0.4 is 4.90 Å². The molecule has 176 valence electrons. The summed E-state index contributed by atoms with van der Waals surface area (Å²) < 4.78 is 1.74. The van der Waals surface area contributed by atoms with Gasteiger partial charge in [0.05, 0.1) is 23.9 Å². The van der Waals surface area contributed by atoms with E-state index in [-0.39, 0.29) is 18.4 Å². The zero-order valence-electron chi connectivity index (χ0n) is 19.3. The van der Waals surface area contributed by atoms with Crippen LogP contribution in [0.5, 0.6) is 0 Å². The highest BCUT2D eigenvalue weighted by atomic mass is 16.3. The molecule has 1 aromatic heterocycles. The number of aryl methyl sites for hydroxylation is 1. The van der Waals surface area contributed by atoms with Crippen molar-refractivity contribution in [2.75, 3.05) is 18.1 Å². The number of aromatic nitrogens is 3. The number of carbonyl (C=O) groups is 1. The fraction of sp³-hybridized carbons (Fsp3) is 0.296. The molecule has 2 N–H and O–H groups in total. The first kappa shape index (κ1) is 23.6. The van der Waals surface area contributed by atoms with E-state index in [0.29, 0.717) is 25.1 Å². The van der Waals surface area contributed by atoms with Gasteiger partial charge in [0.1, 0.15) is 0 Å². The fourth-order valence-corrected chi connectivity index (χ4v) is 4.50. The number of nitrogens with zero attached hydrogens (tertiary/aromatic N) is 4. The summed E-state index contributed by atoms with van der Waals surface area (Å²) >= 11 is 0. The van der Waals surface area contributed by atoms with Crippen molar-refractivity contribution in [2.45, 2.75) is 31.4 Å². The summed E-state index contributed by atoms with van der Waals surface area (Å²) in [5.74, 6) is -0.964. The minimum Gasteiger partial charge on any atom is -0.395 e. The second-order valence-corrected chi connectivity index (χ2v) is 8.55. The summed E-state index contributed by atoms with van der Waals surface area (Å²) in [6.45, 7) is 6.48. The smallest absolute Gasteiger partial charge is 0.264 e. The highest BCUT2D eigenvalue weighted by molar-refractivity contribution is 6.07. The zero-order valence-corrected chi connectivity index (χ0v) is 19.3. The monoisotopic (exact) mass is 458 g/mol. The number of rotatable bonds is 10. The third-order valence-corrected chi connectivity index (χ3v) is 6.39. The number of benzene rings is 2. The lowest BCUT2D eigenvalue weighted by atomic mass is 9.83. The minimum absolute atomic E-state index is 0.0446. The van der Waals surface area contributed by atoms with Crippen LogP contribution in [0.25, 0.3) is 0 Å². The molecule has 2 aromatic carbocycles. The number of aliphatic hydroxyl groups excluding tert-OH is 1. The van der Waals surface area contributed by atoms with Crippen molar-refractivity contribution in [2.24, 2.45) is 5.92 Å². The second kappa shape index (κ2) is 10.2. The molecule has 4 rings (SSSR count). The topological polar surface area (TPSA) is 91.5 Å². The molecule has 0 aliphatic carbocycles.